The van der Waals surface area contributed by atoms with Crippen molar-refractivity contribution in [2.75, 3.05) is 6.54 Å². The number of unbranched alkanes of at least 4 members (excludes halogenated alkanes) is 1. The fraction of sp³-hybridized carbons (Fsp3) is 0.455. The zero-order valence-electron chi connectivity index (χ0n) is 8.32. The Morgan fingerprint density at radius 1 is 1.36 bits per heavy atom. The maximum absolute atomic E-state index is 13.1. The fourth-order valence-electron chi connectivity index (χ4n) is 1.44. The molecule has 0 fully saturated rings. The Bertz CT molecular complexity index is 312. The summed E-state index contributed by atoms with van der Waals surface area (Å²) in [6.07, 6.45) is 2.71. The molecule has 0 radical (unpaired) electrons. The second-order valence-electron chi connectivity index (χ2n) is 3.40. The molecular formula is C11H15ClFN. The van der Waals surface area contributed by atoms with Crippen molar-refractivity contribution >= 4 is 11.6 Å². The second kappa shape index (κ2) is 5.32. The Labute approximate surface area is 89.1 Å². The Balaban J connectivity index is 2.79. The summed E-state index contributed by atoms with van der Waals surface area (Å²) >= 11 is 5.87. The third-order valence-corrected chi connectivity index (χ3v) is 2.72. The fourth-order valence-corrected chi connectivity index (χ4v) is 1.75. The minimum Gasteiger partial charge on any atom is -0.330 e. The second-order valence-corrected chi connectivity index (χ2v) is 3.78. The monoisotopic (exact) mass is 215 g/mol. The van der Waals surface area contributed by atoms with Gasteiger partial charge in [-0.05, 0) is 49.9 Å². The topological polar surface area (TPSA) is 26.0 Å². The van der Waals surface area contributed by atoms with Gasteiger partial charge in [0.05, 0.1) is 5.02 Å². The molecule has 0 spiro atoms. The van der Waals surface area contributed by atoms with Gasteiger partial charge in [0, 0.05) is 0 Å². The highest BCUT2D eigenvalue weighted by Gasteiger charge is 2.08. The minimum absolute atomic E-state index is 0.266. The van der Waals surface area contributed by atoms with Gasteiger partial charge in [-0.25, -0.2) is 4.39 Å². The number of halogens is 2. The molecule has 1 nitrogen and oxygen atoms in total. The van der Waals surface area contributed by atoms with Crippen LogP contribution in [0.25, 0.3) is 0 Å². The Morgan fingerprint density at radius 3 is 2.71 bits per heavy atom. The van der Waals surface area contributed by atoms with E-state index < -0.39 is 0 Å². The van der Waals surface area contributed by atoms with Gasteiger partial charge in [-0.15, -0.1) is 0 Å². The number of benzene rings is 1. The molecule has 14 heavy (non-hydrogen) atoms. The molecule has 78 valence electrons. The SMILES string of the molecule is Cc1ccc(F)c(Cl)c1CCCCN. The maximum atomic E-state index is 13.1. The summed E-state index contributed by atoms with van der Waals surface area (Å²) in [6.45, 7) is 2.62. The molecule has 0 unspecified atom stereocenters. The van der Waals surface area contributed by atoms with Crippen LogP contribution in [0, 0.1) is 12.7 Å². The van der Waals surface area contributed by atoms with Crippen LogP contribution in [0.5, 0.6) is 0 Å². The van der Waals surface area contributed by atoms with Gasteiger partial charge in [0.1, 0.15) is 5.82 Å². The van der Waals surface area contributed by atoms with E-state index >= 15 is 0 Å². The predicted molar refractivity (Wildman–Crippen MR) is 58.1 cm³/mol. The van der Waals surface area contributed by atoms with Gasteiger partial charge in [-0.2, -0.15) is 0 Å². The zero-order chi connectivity index (χ0) is 10.6. The molecule has 3 heteroatoms. The first-order chi connectivity index (χ1) is 6.66. The van der Waals surface area contributed by atoms with Crippen LogP contribution in [0.4, 0.5) is 4.39 Å². The lowest BCUT2D eigenvalue weighted by Gasteiger charge is -2.08. The Hall–Kier alpha value is -0.600. The summed E-state index contributed by atoms with van der Waals surface area (Å²) < 4.78 is 13.1. The summed E-state index contributed by atoms with van der Waals surface area (Å²) in [7, 11) is 0. The first-order valence-corrected chi connectivity index (χ1v) is 5.18. The van der Waals surface area contributed by atoms with Crippen molar-refractivity contribution in [2.24, 2.45) is 5.73 Å². The maximum Gasteiger partial charge on any atom is 0.142 e. The van der Waals surface area contributed by atoms with E-state index in [0.29, 0.717) is 6.54 Å². The van der Waals surface area contributed by atoms with Crippen LogP contribution >= 0.6 is 11.6 Å². The minimum atomic E-state index is -0.333. The average Bonchev–Trinajstić information content (AvgIpc) is 2.18. The molecular weight excluding hydrogens is 201 g/mol. The molecule has 0 heterocycles. The molecule has 0 aliphatic rings. The highest BCUT2D eigenvalue weighted by molar-refractivity contribution is 6.31. The van der Waals surface area contributed by atoms with Crippen LogP contribution in [0.3, 0.4) is 0 Å². The van der Waals surface area contributed by atoms with Crippen LogP contribution < -0.4 is 5.73 Å². The molecule has 0 amide bonds. The summed E-state index contributed by atoms with van der Waals surface area (Å²) in [6, 6.07) is 3.17. The van der Waals surface area contributed by atoms with Crippen molar-refractivity contribution in [3.63, 3.8) is 0 Å². The molecule has 0 aliphatic carbocycles. The molecule has 0 bridgehead atoms. The highest BCUT2D eigenvalue weighted by atomic mass is 35.5. The lowest BCUT2D eigenvalue weighted by molar-refractivity contribution is 0.623. The summed E-state index contributed by atoms with van der Waals surface area (Å²) in [5, 5.41) is 0.266. The Morgan fingerprint density at radius 2 is 2.07 bits per heavy atom. The van der Waals surface area contributed by atoms with Gasteiger partial charge in [0.15, 0.2) is 0 Å². The van der Waals surface area contributed by atoms with Gasteiger partial charge in [-0.3, -0.25) is 0 Å². The van der Waals surface area contributed by atoms with Crippen LogP contribution in [0.2, 0.25) is 5.02 Å². The van der Waals surface area contributed by atoms with E-state index in [1.807, 2.05) is 6.92 Å². The zero-order valence-corrected chi connectivity index (χ0v) is 9.07. The van der Waals surface area contributed by atoms with E-state index in [2.05, 4.69) is 0 Å². The summed E-state index contributed by atoms with van der Waals surface area (Å²) in [5.74, 6) is -0.333. The molecule has 0 atom stereocenters. The quantitative estimate of drug-likeness (QED) is 0.768. The molecule has 1 aromatic carbocycles. The summed E-state index contributed by atoms with van der Waals surface area (Å²) in [4.78, 5) is 0. The smallest absolute Gasteiger partial charge is 0.142 e. The van der Waals surface area contributed by atoms with Crippen LogP contribution in [-0.2, 0) is 6.42 Å². The third kappa shape index (κ3) is 2.69. The molecule has 0 aromatic heterocycles. The van der Waals surface area contributed by atoms with Crippen molar-refractivity contribution in [3.8, 4) is 0 Å². The van der Waals surface area contributed by atoms with Gasteiger partial charge in [0.2, 0.25) is 0 Å². The highest BCUT2D eigenvalue weighted by Crippen LogP contribution is 2.24. The van der Waals surface area contributed by atoms with E-state index in [4.69, 9.17) is 17.3 Å². The van der Waals surface area contributed by atoms with Gasteiger partial charge in [0.25, 0.3) is 0 Å². The number of aryl methyl sites for hydroxylation is 1. The molecule has 0 saturated heterocycles. The number of hydrogen-bond donors (Lipinski definition) is 1. The molecule has 2 N–H and O–H groups in total. The largest absolute Gasteiger partial charge is 0.330 e. The van der Waals surface area contributed by atoms with Crippen molar-refractivity contribution in [3.05, 3.63) is 34.1 Å². The van der Waals surface area contributed by atoms with Gasteiger partial charge < -0.3 is 5.73 Å². The molecule has 0 aliphatic heterocycles. The van der Waals surface area contributed by atoms with Crippen LogP contribution in [0.1, 0.15) is 24.0 Å². The number of nitrogens with two attached hydrogens (primary N) is 1. The lowest BCUT2D eigenvalue weighted by Crippen LogP contribution is -2.00. The van der Waals surface area contributed by atoms with E-state index in [0.717, 1.165) is 30.4 Å². The van der Waals surface area contributed by atoms with Crippen molar-refractivity contribution in [2.45, 2.75) is 26.2 Å². The van der Waals surface area contributed by atoms with Crippen molar-refractivity contribution in [1.29, 1.82) is 0 Å². The lowest BCUT2D eigenvalue weighted by atomic mass is 10.0. The number of rotatable bonds is 4. The van der Waals surface area contributed by atoms with Crippen molar-refractivity contribution < 1.29 is 4.39 Å². The van der Waals surface area contributed by atoms with E-state index in [1.165, 1.54) is 6.07 Å². The standard InChI is InChI=1S/C11H15ClFN/c1-8-5-6-10(13)11(12)9(8)4-2-3-7-14/h5-6H,2-4,7,14H2,1H3. The van der Waals surface area contributed by atoms with Crippen molar-refractivity contribution in [1.82, 2.24) is 0 Å². The number of hydrogen-bond acceptors (Lipinski definition) is 1. The summed E-state index contributed by atoms with van der Waals surface area (Å²) in [5.41, 5.74) is 7.36. The van der Waals surface area contributed by atoms with Gasteiger partial charge in [-0.1, -0.05) is 17.7 Å². The normalized spacial score (nSPS) is 10.6. The average molecular weight is 216 g/mol. The third-order valence-electron chi connectivity index (χ3n) is 2.31. The first kappa shape index (κ1) is 11.5. The first-order valence-electron chi connectivity index (χ1n) is 4.80. The van der Waals surface area contributed by atoms with E-state index in [9.17, 15) is 4.39 Å². The van der Waals surface area contributed by atoms with Gasteiger partial charge >= 0.3 is 0 Å². The van der Waals surface area contributed by atoms with Crippen LogP contribution in [-0.4, -0.2) is 6.54 Å². The molecule has 1 aromatic rings. The predicted octanol–water partition coefficient (Wildman–Crippen LogP) is 3.07. The van der Waals surface area contributed by atoms with E-state index in [-0.39, 0.29) is 10.8 Å². The van der Waals surface area contributed by atoms with E-state index in [1.54, 1.807) is 6.07 Å². The molecule has 0 saturated carbocycles. The molecule has 1 rings (SSSR count). The Kier molecular flexibility index (Phi) is 4.36. The van der Waals surface area contributed by atoms with Crippen LogP contribution in [0.15, 0.2) is 12.1 Å².